The molecule has 0 aromatic heterocycles. The second-order valence-corrected chi connectivity index (χ2v) is 11.2. The van der Waals surface area contributed by atoms with Crippen LogP contribution in [0.1, 0.15) is 91.9 Å². The molecule has 3 fully saturated rings. The Morgan fingerprint density at radius 1 is 1.17 bits per heavy atom. The lowest BCUT2D eigenvalue weighted by Crippen LogP contribution is -2.51. The Labute approximate surface area is 177 Å². The number of aliphatic hydroxyl groups excluding tert-OH is 1. The van der Waals surface area contributed by atoms with Crippen LogP contribution in [0.2, 0.25) is 0 Å². The minimum absolute atomic E-state index is 0.0261. The molecule has 164 valence electrons. The zero-order valence-electron chi connectivity index (χ0n) is 19.1. The highest BCUT2D eigenvalue weighted by atomic mass is 16.5. The van der Waals surface area contributed by atoms with E-state index in [0.717, 1.165) is 36.5 Å². The molecule has 3 saturated carbocycles. The molecule has 0 heterocycles. The molecule has 0 radical (unpaired) electrons. The lowest BCUT2D eigenvalue weighted by molar-refractivity contribution is -0.143. The van der Waals surface area contributed by atoms with Crippen molar-refractivity contribution >= 4 is 5.97 Å². The van der Waals surface area contributed by atoms with Crippen LogP contribution in [0.4, 0.5) is 0 Å². The zero-order valence-corrected chi connectivity index (χ0v) is 19.1. The van der Waals surface area contributed by atoms with E-state index in [-0.39, 0.29) is 12.1 Å². The van der Waals surface area contributed by atoms with Gasteiger partial charge in [-0.25, -0.2) is 0 Å². The first-order valence-electron chi connectivity index (χ1n) is 12.3. The van der Waals surface area contributed by atoms with Gasteiger partial charge in [-0.2, -0.15) is 0 Å². The largest absolute Gasteiger partial charge is 0.466 e. The third-order valence-corrected chi connectivity index (χ3v) is 9.96. The first kappa shape index (κ1) is 21.4. The molecule has 4 rings (SSSR count). The minimum atomic E-state index is -0.209. The summed E-state index contributed by atoms with van der Waals surface area (Å²) in [5.41, 5.74) is 2.34. The third kappa shape index (κ3) is 3.60. The monoisotopic (exact) mass is 402 g/mol. The minimum Gasteiger partial charge on any atom is -0.466 e. The van der Waals surface area contributed by atoms with E-state index in [1.807, 2.05) is 6.92 Å². The number of carbonyl (C=O) groups excluding carboxylic acids is 1. The molecular formula is C26H42O3. The van der Waals surface area contributed by atoms with Gasteiger partial charge in [0.05, 0.1) is 12.7 Å². The van der Waals surface area contributed by atoms with Gasteiger partial charge in [-0.15, -0.1) is 0 Å². The van der Waals surface area contributed by atoms with Crippen molar-refractivity contribution in [3.63, 3.8) is 0 Å². The van der Waals surface area contributed by atoms with Crippen molar-refractivity contribution in [1.82, 2.24) is 0 Å². The van der Waals surface area contributed by atoms with Gasteiger partial charge in [0.2, 0.25) is 0 Å². The number of carbonyl (C=O) groups is 1. The Bertz CT molecular complexity index is 654. The molecule has 4 aliphatic rings. The molecule has 1 N–H and O–H groups in total. The Balaban J connectivity index is 1.47. The first-order valence-corrected chi connectivity index (χ1v) is 12.3. The number of esters is 1. The topological polar surface area (TPSA) is 46.5 Å². The summed E-state index contributed by atoms with van der Waals surface area (Å²) in [5, 5.41) is 10.2. The maximum absolute atomic E-state index is 11.9. The van der Waals surface area contributed by atoms with Crippen molar-refractivity contribution in [2.24, 2.45) is 40.4 Å². The highest BCUT2D eigenvalue weighted by Gasteiger charge is 2.59. The van der Waals surface area contributed by atoms with Gasteiger partial charge >= 0.3 is 5.97 Å². The van der Waals surface area contributed by atoms with E-state index >= 15 is 0 Å². The number of hydrogen-bond acceptors (Lipinski definition) is 3. The van der Waals surface area contributed by atoms with Crippen LogP contribution in [-0.2, 0) is 9.53 Å². The molecule has 0 spiro atoms. The third-order valence-electron chi connectivity index (χ3n) is 9.96. The van der Waals surface area contributed by atoms with Crippen LogP contribution in [0.3, 0.4) is 0 Å². The Morgan fingerprint density at radius 2 is 1.97 bits per heavy atom. The van der Waals surface area contributed by atoms with Crippen LogP contribution < -0.4 is 0 Å². The number of ether oxygens (including phenoxy) is 1. The van der Waals surface area contributed by atoms with E-state index in [1.54, 1.807) is 5.57 Å². The Kier molecular flexibility index (Phi) is 5.92. The summed E-state index contributed by atoms with van der Waals surface area (Å²) in [6, 6.07) is 0. The molecule has 8 atom stereocenters. The molecule has 0 aliphatic heterocycles. The quantitative estimate of drug-likeness (QED) is 0.459. The summed E-state index contributed by atoms with van der Waals surface area (Å²) < 4.78 is 5.16. The maximum atomic E-state index is 11.9. The van der Waals surface area contributed by atoms with Gasteiger partial charge in [0.15, 0.2) is 0 Å². The molecule has 0 bridgehead atoms. The van der Waals surface area contributed by atoms with Crippen LogP contribution in [0.15, 0.2) is 11.6 Å². The van der Waals surface area contributed by atoms with Crippen LogP contribution in [-0.4, -0.2) is 23.8 Å². The number of hydrogen-bond donors (Lipinski definition) is 1. The van der Waals surface area contributed by atoms with Gasteiger partial charge < -0.3 is 9.84 Å². The van der Waals surface area contributed by atoms with Gasteiger partial charge in [0.1, 0.15) is 0 Å². The summed E-state index contributed by atoms with van der Waals surface area (Å²) in [7, 11) is 0. The highest BCUT2D eigenvalue weighted by Crippen LogP contribution is 2.67. The van der Waals surface area contributed by atoms with E-state index in [2.05, 4.69) is 26.8 Å². The number of fused-ring (bicyclic) bond motifs is 5. The highest BCUT2D eigenvalue weighted by molar-refractivity contribution is 5.69. The van der Waals surface area contributed by atoms with Crippen molar-refractivity contribution in [1.29, 1.82) is 0 Å². The molecule has 3 nitrogen and oxygen atoms in total. The molecule has 0 unspecified atom stereocenters. The molecule has 4 aliphatic carbocycles. The molecular weight excluding hydrogens is 360 g/mol. The van der Waals surface area contributed by atoms with E-state index in [1.165, 1.54) is 44.9 Å². The van der Waals surface area contributed by atoms with Crippen LogP contribution in [0.5, 0.6) is 0 Å². The zero-order chi connectivity index (χ0) is 20.8. The molecule has 29 heavy (non-hydrogen) atoms. The molecule has 3 heteroatoms. The average Bonchev–Trinajstić information content (AvgIpc) is 3.04. The fraction of sp³-hybridized carbons (Fsp3) is 0.885. The number of aliphatic hydroxyl groups is 1. The van der Waals surface area contributed by atoms with Crippen LogP contribution in [0.25, 0.3) is 0 Å². The fourth-order valence-corrected chi connectivity index (χ4v) is 8.47. The predicted molar refractivity (Wildman–Crippen MR) is 116 cm³/mol. The van der Waals surface area contributed by atoms with Gasteiger partial charge in [0.25, 0.3) is 0 Å². The van der Waals surface area contributed by atoms with Gasteiger partial charge in [-0.3, -0.25) is 4.79 Å². The fourth-order valence-electron chi connectivity index (χ4n) is 8.47. The van der Waals surface area contributed by atoms with E-state index < -0.39 is 0 Å². The van der Waals surface area contributed by atoms with Crippen LogP contribution in [0, 0.1) is 40.4 Å². The maximum Gasteiger partial charge on any atom is 0.305 e. The van der Waals surface area contributed by atoms with Crippen molar-refractivity contribution in [3.8, 4) is 0 Å². The number of rotatable bonds is 5. The normalized spacial score (nSPS) is 44.9. The molecule has 0 aromatic carbocycles. The lowest BCUT2D eigenvalue weighted by atomic mass is 9.46. The second kappa shape index (κ2) is 8.02. The summed E-state index contributed by atoms with van der Waals surface area (Å²) in [6.45, 7) is 9.87. The van der Waals surface area contributed by atoms with Crippen LogP contribution >= 0.6 is 0 Å². The van der Waals surface area contributed by atoms with E-state index in [4.69, 9.17) is 4.74 Å². The van der Waals surface area contributed by atoms with E-state index in [0.29, 0.717) is 29.8 Å². The summed E-state index contributed by atoms with van der Waals surface area (Å²) in [5.74, 6) is 3.84. The van der Waals surface area contributed by atoms with Gasteiger partial charge in [-0.05, 0) is 105 Å². The molecule has 0 saturated heterocycles. The summed E-state index contributed by atoms with van der Waals surface area (Å²) >= 11 is 0. The lowest BCUT2D eigenvalue weighted by Gasteiger charge is -2.59. The van der Waals surface area contributed by atoms with Crippen molar-refractivity contribution in [3.05, 3.63) is 11.6 Å². The summed E-state index contributed by atoms with van der Waals surface area (Å²) in [4.78, 5) is 11.9. The number of allylic oxidation sites excluding steroid dienone is 1. The van der Waals surface area contributed by atoms with Gasteiger partial charge in [0, 0.05) is 6.42 Å². The van der Waals surface area contributed by atoms with Crippen molar-refractivity contribution < 1.29 is 14.6 Å². The van der Waals surface area contributed by atoms with E-state index in [9.17, 15) is 9.90 Å². The smallest absolute Gasteiger partial charge is 0.305 e. The standard InChI is InChI=1S/C26H42O3/c1-5-29-24(28)11-6-17(2)21-9-10-22-20-8-7-18-16-19(27)12-14-25(18,3)23(20)13-15-26(21,22)4/h16-17,19-23,27H,5-15H2,1-4H3/t17-,19+,20+,21-,22+,23+,25-,26+/m0/s1. The average molecular weight is 403 g/mol. The Morgan fingerprint density at radius 3 is 2.72 bits per heavy atom. The van der Waals surface area contributed by atoms with Crippen molar-refractivity contribution in [2.75, 3.05) is 6.61 Å². The van der Waals surface area contributed by atoms with Crippen molar-refractivity contribution in [2.45, 2.75) is 98.0 Å². The molecule has 0 amide bonds. The van der Waals surface area contributed by atoms with Gasteiger partial charge in [-0.1, -0.05) is 32.4 Å². The first-order chi connectivity index (χ1) is 13.8. The summed E-state index contributed by atoms with van der Waals surface area (Å²) in [6.07, 6.45) is 13.6. The predicted octanol–water partition coefficient (Wildman–Crippen LogP) is 5.91. The molecule has 0 aromatic rings. The Hall–Kier alpha value is -0.830. The SMILES string of the molecule is CCOC(=O)CC[C@H](C)[C@@H]1CC[C@@H]2[C@H]3CCC4=C[C@H](O)CC[C@]4(C)[C@@H]3CC[C@@]21C. The second-order valence-electron chi connectivity index (χ2n) is 11.2.